The Balaban J connectivity index is 1.70. The van der Waals surface area contributed by atoms with Crippen LogP contribution in [0.4, 0.5) is 4.39 Å². The predicted molar refractivity (Wildman–Crippen MR) is 97.6 cm³/mol. The zero-order valence-corrected chi connectivity index (χ0v) is 14.0. The standard InChI is InChI=1S/C20H14FN3O3/c21-15-6-2-1-5-13(15)9-10-19(26)27-12-18(25)14(11-22)20-23-16-7-3-4-8-17(16)24-20/h1-10,25H,12H2,(H,23,24)/b10-9+,18-14-. The molecule has 0 unspecified atom stereocenters. The number of aliphatic hydroxyl groups excluding tert-OH is 1. The fourth-order valence-electron chi connectivity index (χ4n) is 2.35. The van der Waals surface area contributed by atoms with Crippen molar-refractivity contribution in [3.8, 4) is 6.07 Å². The largest absolute Gasteiger partial charge is 0.507 e. The lowest BCUT2D eigenvalue weighted by Gasteiger charge is -2.03. The number of benzene rings is 2. The summed E-state index contributed by atoms with van der Waals surface area (Å²) in [5.41, 5.74) is 1.45. The lowest BCUT2D eigenvalue weighted by Crippen LogP contribution is -2.06. The number of rotatable bonds is 5. The minimum Gasteiger partial charge on any atom is -0.507 e. The van der Waals surface area contributed by atoms with Crippen LogP contribution in [0.5, 0.6) is 0 Å². The smallest absolute Gasteiger partial charge is 0.331 e. The molecule has 0 fully saturated rings. The van der Waals surface area contributed by atoms with Gasteiger partial charge in [-0.3, -0.25) is 0 Å². The van der Waals surface area contributed by atoms with Gasteiger partial charge < -0.3 is 14.8 Å². The third-order valence-electron chi connectivity index (χ3n) is 3.68. The summed E-state index contributed by atoms with van der Waals surface area (Å²) in [7, 11) is 0. The van der Waals surface area contributed by atoms with Crippen LogP contribution in [-0.4, -0.2) is 27.7 Å². The van der Waals surface area contributed by atoms with E-state index in [-0.39, 0.29) is 17.0 Å². The number of H-pyrrole nitrogens is 1. The third kappa shape index (κ3) is 4.19. The van der Waals surface area contributed by atoms with Crippen molar-refractivity contribution in [3.05, 3.63) is 77.6 Å². The average Bonchev–Trinajstić information content (AvgIpc) is 3.10. The van der Waals surface area contributed by atoms with E-state index < -0.39 is 24.2 Å². The van der Waals surface area contributed by atoms with Crippen molar-refractivity contribution in [1.82, 2.24) is 9.97 Å². The number of allylic oxidation sites excluding steroid dienone is 1. The Morgan fingerprint density at radius 3 is 2.74 bits per heavy atom. The minimum absolute atomic E-state index is 0.128. The topological polar surface area (TPSA) is 99.0 Å². The predicted octanol–water partition coefficient (Wildman–Crippen LogP) is 3.75. The summed E-state index contributed by atoms with van der Waals surface area (Å²) in [6.07, 6.45) is 2.31. The van der Waals surface area contributed by atoms with Crippen LogP contribution in [0.3, 0.4) is 0 Å². The van der Waals surface area contributed by atoms with E-state index in [1.165, 1.54) is 24.3 Å². The van der Waals surface area contributed by atoms with Crippen molar-refractivity contribution in [2.45, 2.75) is 0 Å². The molecular weight excluding hydrogens is 349 g/mol. The number of aromatic amines is 1. The molecule has 0 aliphatic carbocycles. The summed E-state index contributed by atoms with van der Waals surface area (Å²) in [5.74, 6) is -1.52. The molecule has 1 heterocycles. The minimum atomic E-state index is -0.785. The van der Waals surface area contributed by atoms with Crippen molar-refractivity contribution < 1.29 is 19.0 Å². The Bertz CT molecular complexity index is 1060. The molecule has 0 aliphatic heterocycles. The van der Waals surface area contributed by atoms with Crippen LogP contribution < -0.4 is 0 Å². The quantitative estimate of drug-likeness (QED) is 0.311. The number of hydrogen-bond donors (Lipinski definition) is 2. The van der Waals surface area contributed by atoms with Gasteiger partial charge in [0.05, 0.1) is 11.0 Å². The second-order valence-electron chi connectivity index (χ2n) is 5.50. The second-order valence-corrected chi connectivity index (χ2v) is 5.50. The van der Waals surface area contributed by atoms with Gasteiger partial charge in [0.1, 0.15) is 24.1 Å². The molecule has 2 N–H and O–H groups in total. The fraction of sp³-hybridized carbons (Fsp3) is 0.0500. The van der Waals surface area contributed by atoms with Crippen LogP contribution in [0.15, 0.2) is 60.4 Å². The van der Waals surface area contributed by atoms with Crippen LogP contribution in [0, 0.1) is 17.1 Å². The maximum absolute atomic E-state index is 13.5. The Kier molecular flexibility index (Phi) is 5.28. The number of halogens is 1. The number of carbonyl (C=O) groups excluding carboxylic acids is 1. The number of hydrogen-bond acceptors (Lipinski definition) is 5. The average molecular weight is 363 g/mol. The van der Waals surface area contributed by atoms with Gasteiger partial charge in [0.25, 0.3) is 0 Å². The summed E-state index contributed by atoms with van der Waals surface area (Å²) < 4.78 is 18.4. The van der Waals surface area contributed by atoms with E-state index in [9.17, 15) is 19.6 Å². The lowest BCUT2D eigenvalue weighted by atomic mass is 10.2. The molecule has 0 radical (unpaired) electrons. The molecule has 0 aliphatic rings. The van der Waals surface area contributed by atoms with E-state index in [1.54, 1.807) is 24.3 Å². The van der Waals surface area contributed by atoms with Gasteiger partial charge in [-0.15, -0.1) is 0 Å². The van der Waals surface area contributed by atoms with Crippen molar-refractivity contribution in [3.63, 3.8) is 0 Å². The molecule has 3 rings (SSSR count). The number of esters is 1. The number of ether oxygens (including phenoxy) is 1. The van der Waals surface area contributed by atoms with Crippen LogP contribution in [0.1, 0.15) is 11.4 Å². The van der Waals surface area contributed by atoms with Crippen molar-refractivity contribution >= 4 is 28.7 Å². The lowest BCUT2D eigenvalue weighted by molar-refractivity contribution is -0.137. The Hall–Kier alpha value is -3.92. The number of aromatic nitrogens is 2. The highest BCUT2D eigenvalue weighted by Gasteiger charge is 2.14. The number of nitrogens with zero attached hydrogens (tertiary/aromatic N) is 2. The number of para-hydroxylation sites is 2. The zero-order chi connectivity index (χ0) is 19.2. The number of nitriles is 1. The van der Waals surface area contributed by atoms with Crippen LogP contribution in [0.25, 0.3) is 22.7 Å². The molecule has 3 aromatic rings. The summed E-state index contributed by atoms with van der Waals surface area (Å²) in [4.78, 5) is 18.9. The van der Waals surface area contributed by atoms with Crippen molar-refractivity contribution in [1.29, 1.82) is 5.26 Å². The first kappa shape index (κ1) is 17.9. The molecular formula is C20H14FN3O3. The van der Waals surface area contributed by atoms with Gasteiger partial charge in [-0.25, -0.2) is 14.2 Å². The molecule has 0 saturated heterocycles. The van der Waals surface area contributed by atoms with Gasteiger partial charge in [-0.05, 0) is 24.3 Å². The van der Waals surface area contributed by atoms with Crippen LogP contribution in [-0.2, 0) is 9.53 Å². The second kappa shape index (κ2) is 7.97. The molecule has 0 saturated carbocycles. The first-order chi connectivity index (χ1) is 13.1. The normalized spacial score (nSPS) is 12.0. The first-order valence-electron chi connectivity index (χ1n) is 7.95. The van der Waals surface area contributed by atoms with E-state index in [4.69, 9.17) is 4.74 Å². The van der Waals surface area contributed by atoms with Gasteiger partial charge in [0.15, 0.2) is 11.6 Å². The summed E-state index contributed by atoms with van der Waals surface area (Å²) in [6, 6.07) is 14.9. The van der Waals surface area contributed by atoms with Gasteiger partial charge >= 0.3 is 5.97 Å². The maximum Gasteiger partial charge on any atom is 0.331 e. The monoisotopic (exact) mass is 363 g/mol. The highest BCUT2D eigenvalue weighted by Crippen LogP contribution is 2.18. The molecule has 2 aromatic carbocycles. The van der Waals surface area contributed by atoms with Crippen molar-refractivity contribution in [2.75, 3.05) is 6.61 Å². The first-order valence-corrected chi connectivity index (χ1v) is 7.95. The molecule has 6 nitrogen and oxygen atoms in total. The SMILES string of the molecule is N#C/C(=C(/O)COC(=O)/C=C/c1ccccc1F)c1nc2ccccc2[nH]1. The van der Waals surface area contributed by atoms with E-state index >= 15 is 0 Å². The summed E-state index contributed by atoms with van der Waals surface area (Å²) in [6.45, 7) is -0.514. The number of fused-ring (bicyclic) bond motifs is 1. The summed E-state index contributed by atoms with van der Waals surface area (Å²) >= 11 is 0. The number of nitrogens with one attached hydrogen (secondary N) is 1. The van der Waals surface area contributed by atoms with E-state index in [0.29, 0.717) is 11.0 Å². The highest BCUT2D eigenvalue weighted by atomic mass is 19.1. The van der Waals surface area contributed by atoms with Crippen LogP contribution in [0.2, 0.25) is 0 Å². The molecule has 1 aromatic heterocycles. The molecule has 0 spiro atoms. The highest BCUT2D eigenvalue weighted by molar-refractivity contribution is 5.87. The van der Waals surface area contributed by atoms with Gasteiger partial charge in [-0.1, -0.05) is 30.3 Å². The van der Waals surface area contributed by atoms with Gasteiger partial charge in [0, 0.05) is 11.6 Å². The Morgan fingerprint density at radius 1 is 1.26 bits per heavy atom. The van der Waals surface area contributed by atoms with Gasteiger partial charge in [-0.2, -0.15) is 5.26 Å². The number of aliphatic hydroxyl groups is 1. The maximum atomic E-state index is 13.5. The third-order valence-corrected chi connectivity index (χ3v) is 3.68. The van der Waals surface area contributed by atoms with Crippen LogP contribution >= 0.6 is 0 Å². The fourth-order valence-corrected chi connectivity index (χ4v) is 2.35. The molecule has 7 heteroatoms. The molecule has 0 atom stereocenters. The summed E-state index contributed by atoms with van der Waals surface area (Å²) in [5, 5.41) is 19.4. The number of imidazole rings is 1. The Labute approximate surface area is 153 Å². The van der Waals surface area contributed by atoms with E-state index in [0.717, 1.165) is 6.08 Å². The Morgan fingerprint density at radius 2 is 2.00 bits per heavy atom. The molecule has 134 valence electrons. The van der Waals surface area contributed by atoms with Crippen molar-refractivity contribution in [2.24, 2.45) is 0 Å². The molecule has 0 bridgehead atoms. The molecule has 27 heavy (non-hydrogen) atoms. The molecule has 0 amide bonds. The van der Waals surface area contributed by atoms with E-state index in [1.807, 2.05) is 12.1 Å². The van der Waals surface area contributed by atoms with Gasteiger partial charge in [0.2, 0.25) is 0 Å². The number of carbonyl (C=O) groups is 1. The zero-order valence-electron chi connectivity index (χ0n) is 14.0. The van der Waals surface area contributed by atoms with E-state index in [2.05, 4.69) is 9.97 Å².